The average Bonchev–Trinajstić information content (AvgIpc) is 3.62. The molecule has 1 aliphatic heterocycles. The van der Waals surface area contributed by atoms with Crippen molar-refractivity contribution in [2.75, 3.05) is 33.1 Å². The van der Waals surface area contributed by atoms with E-state index in [1.807, 2.05) is 12.1 Å². The number of hydrogen-bond donors (Lipinski definition) is 1. The van der Waals surface area contributed by atoms with Gasteiger partial charge in [0.1, 0.15) is 17.7 Å². The molecule has 1 N–H and O–H groups in total. The molecule has 1 heterocycles. The van der Waals surface area contributed by atoms with Crippen molar-refractivity contribution in [3.8, 4) is 5.75 Å². The minimum atomic E-state index is -0.565. The van der Waals surface area contributed by atoms with Crippen LogP contribution in [-0.4, -0.2) is 50.0 Å². The lowest BCUT2D eigenvalue weighted by molar-refractivity contribution is 0.0284. The number of ether oxygens (including phenoxy) is 2. The number of nitrogens with one attached hydrogen (secondary N) is 1. The van der Waals surface area contributed by atoms with Crippen molar-refractivity contribution in [1.29, 1.82) is 0 Å². The third-order valence-electron chi connectivity index (χ3n) is 6.29. The predicted molar refractivity (Wildman–Crippen MR) is 136 cm³/mol. The molecule has 4 rings (SSSR count). The highest BCUT2D eigenvalue weighted by Gasteiger charge is 2.32. The lowest BCUT2D eigenvalue weighted by Crippen LogP contribution is -2.44. The molecule has 9 heteroatoms. The number of nitrogens with zero attached hydrogens (tertiary/aromatic N) is 1. The molecule has 1 saturated carbocycles. The van der Waals surface area contributed by atoms with Gasteiger partial charge >= 0.3 is 0 Å². The van der Waals surface area contributed by atoms with Crippen molar-refractivity contribution >= 4 is 41.1 Å². The second-order valence-corrected chi connectivity index (χ2v) is 10.3. The Morgan fingerprint density at radius 2 is 1.94 bits per heavy atom. The maximum absolute atomic E-state index is 14.8. The number of benzene rings is 2. The summed E-state index contributed by atoms with van der Waals surface area (Å²) in [5.41, 5.74) is 1.97. The van der Waals surface area contributed by atoms with E-state index in [0.717, 1.165) is 55.3 Å². The van der Waals surface area contributed by atoms with Gasteiger partial charge in [0, 0.05) is 36.0 Å². The van der Waals surface area contributed by atoms with Gasteiger partial charge in [-0.2, -0.15) is 0 Å². The zero-order valence-electron chi connectivity index (χ0n) is 19.3. The highest BCUT2D eigenvalue weighted by molar-refractivity contribution is 7.97. The maximum Gasteiger partial charge on any atom is 0.264 e. The minimum absolute atomic E-state index is 0.0233. The van der Waals surface area contributed by atoms with Gasteiger partial charge in [-0.1, -0.05) is 35.1 Å². The van der Waals surface area contributed by atoms with Gasteiger partial charge in [0.2, 0.25) is 0 Å². The van der Waals surface area contributed by atoms with Crippen LogP contribution in [0.15, 0.2) is 30.3 Å². The summed E-state index contributed by atoms with van der Waals surface area (Å²) in [5, 5.41) is 1.17. The first-order chi connectivity index (χ1) is 16.4. The van der Waals surface area contributed by atoms with Crippen LogP contribution in [-0.2, 0) is 4.74 Å². The van der Waals surface area contributed by atoms with Gasteiger partial charge in [-0.3, -0.25) is 14.4 Å². The molecular formula is C25H29Cl2FN2O3S. The third-order valence-corrected chi connectivity index (χ3v) is 7.12. The van der Waals surface area contributed by atoms with Crippen LogP contribution in [0.3, 0.4) is 0 Å². The number of piperidine rings is 1. The zero-order valence-corrected chi connectivity index (χ0v) is 21.6. The molecule has 2 atom stereocenters. The first-order valence-corrected chi connectivity index (χ1v) is 13.4. The van der Waals surface area contributed by atoms with Gasteiger partial charge in [0.05, 0.1) is 18.2 Å². The molecule has 2 fully saturated rings. The standard InChI is InChI=1S/C25H29Cl2FN2O3S/c1-32-14-23(16-8-17(26)10-18(27)9-16)30-7-3-4-19(13-30)33-24-12-22(28)21(25(31)29-34-2)11-20(24)15-5-6-15/h8-12,15,19,23H,3-7,13-14H2,1-2H3,(H,29,31). The quantitative estimate of drug-likeness (QED) is 0.391. The molecule has 2 aromatic rings. The van der Waals surface area contributed by atoms with Crippen LogP contribution in [0.2, 0.25) is 10.0 Å². The highest BCUT2D eigenvalue weighted by atomic mass is 35.5. The molecule has 1 saturated heterocycles. The van der Waals surface area contributed by atoms with Gasteiger partial charge in [0.15, 0.2) is 0 Å². The molecule has 0 aromatic heterocycles. The number of halogens is 3. The number of carbonyl (C=O) groups excluding carboxylic acids is 1. The van der Waals surface area contributed by atoms with Gasteiger partial charge < -0.3 is 9.47 Å². The van der Waals surface area contributed by atoms with Crippen LogP contribution < -0.4 is 9.46 Å². The van der Waals surface area contributed by atoms with E-state index in [2.05, 4.69) is 9.62 Å². The first kappa shape index (κ1) is 25.6. The second kappa shape index (κ2) is 11.5. The van der Waals surface area contributed by atoms with E-state index < -0.39 is 11.7 Å². The number of carbonyl (C=O) groups is 1. The summed E-state index contributed by atoms with van der Waals surface area (Å²) in [6.45, 7) is 2.04. The molecule has 0 radical (unpaired) electrons. The lowest BCUT2D eigenvalue weighted by Gasteiger charge is -2.38. The Morgan fingerprint density at radius 3 is 2.59 bits per heavy atom. The van der Waals surface area contributed by atoms with Crippen LogP contribution in [0.25, 0.3) is 0 Å². The monoisotopic (exact) mass is 526 g/mol. The molecular weight excluding hydrogens is 498 g/mol. The zero-order chi connectivity index (χ0) is 24.2. The van der Waals surface area contributed by atoms with Gasteiger partial charge in [-0.15, -0.1) is 0 Å². The lowest BCUT2D eigenvalue weighted by atomic mass is 10.0. The molecule has 34 heavy (non-hydrogen) atoms. The Labute approximate surface area is 214 Å². The van der Waals surface area contributed by atoms with Gasteiger partial charge in [-0.05, 0) is 73.5 Å². The molecule has 1 amide bonds. The predicted octanol–water partition coefficient (Wildman–Crippen LogP) is 6.25. The first-order valence-electron chi connectivity index (χ1n) is 11.4. The van der Waals surface area contributed by atoms with Crippen LogP contribution in [0, 0.1) is 5.82 Å². The Balaban J connectivity index is 1.54. The van der Waals surface area contributed by atoms with Crippen molar-refractivity contribution < 1.29 is 18.7 Å². The topological polar surface area (TPSA) is 50.8 Å². The summed E-state index contributed by atoms with van der Waals surface area (Å²) >= 11 is 13.7. The Kier molecular flexibility index (Phi) is 8.64. The highest BCUT2D eigenvalue weighted by Crippen LogP contribution is 2.45. The van der Waals surface area contributed by atoms with Crippen LogP contribution in [0.4, 0.5) is 4.39 Å². The maximum atomic E-state index is 14.8. The van der Waals surface area contributed by atoms with E-state index in [-0.39, 0.29) is 17.7 Å². The number of hydrogen-bond acceptors (Lipinski definition) is 5. The molecule has 1 aliphatic carbocycles. The summed E-state index contributed by atoms with van der Waals surface area (Å²) in [4.78, 5) is 14.6. The van der Waals surface area contributed by atoms with Crippen molar-refractivity contribution in [3.05, 3.63) is 62.9 Å². The number of rotatable bonds is 9. The summed E-state index contributed by atoms with van der Waals surface area (Å²) in [5.74, 6) is -0.137. The second-order valence-electron chi connectivity index (χ2n) is 8.83. The fraction of sp³-hybridized carbons (Fsp3) is 0.480. The van der Waals surface area contributed by atoms with Crippen molar-refractivity contribution in [3.63, 3.8) is 0 Å². The van der Waals surface area contributed by atoms with Crippen molar-refractivity contribution in [2.24, 2.45) is 0 Å². The van der Waals surface area contributed by atoms with E-state index >= 15 is 0 Å². The summed E-state index contributed by atoms with van der Waals surface area (Å²) in [6.07, 6.45) is 5.48. The van der Waals surface area contributed by atoms with Gasteiger partial charge in [0.25, 0.3) is 5.91 Å². The van der Waals surface area contributed by atoms with Crippen LogP contribution in [0.1, 0.15) is 59.1 Å². The number of amides is 1. The van der Waals surface area contributed by atoms with E-state index in [0.29, 0.717) is 34.9 Å². The molecule has 2 aliphatic rings. The SMILES string of the molecule is COCC(c1cc(Cl)cc(Cl)c1)N1CCCC(Oc2cc(F)c(C(=O)NSC)cc2C2CC2)C1. The fourth-order valence-electron chi connectivity index (χ4n) is 4.57. The van der Waals surface area contributed by atoms with Crippen molar-refractivity contribution in [1.82, 2.24) is 9.62 Å². The van der Waals surface area contributed by atoms with E-state index in [1.54, 1.807) is 25.5 Å². The largest absolute Gasteiger partial charge is 0.489 e. The van der Waals surface area contributed by atoms with Crippen LogP contribution in [0.5, 0.6) is 5.75 Å². The molecule has 184 valence electrons. The Bertz CT molecular complexity index is 1020. The Morgan fingerprint density at radius 1 is 1.21 bits per heavy atom. The molecule has 0 spiro atoms. The average molecular weight is 527 g/mol. The van der Waals surface area contributed by atoms with E-state index in [1.165, 1.54) is 6.07 Å². The number of methoxy groups -OCH3 is 1. The molecule has 2 unspecified atom stereocenters. The van der Waals surface area contributed by atoms with Crippen molar-refractivity contribution in [2.45, 2.75) is 43.7 Å². The van der Waals surface area contributed by atoms with Crippen LogP contribution >= 0.6 is 35.1 Å². The third kappa shape index (κ3) is 6.18. The molecule has 0 bridgehead atoms. The summed E-state index contributed by atoms with van der Waals surface area (Å²) in [6, 6.07) is 8.57. The summed E-state index contributed by atoms with van der Waals surface area (Å²) < 4.78 is 29.4. The van der Waals surface area contributed by atoms with Gasteiger partial charge in [-0.25, -0.2) is 4.39 Å². The van der Waals surface area contributed by atoms with E-state index in [9.17, 15) is 9.18 Å². The summed E-state index contributed by atoms with van der Waals surface area (Å²) in [7, 11) is 1.68. The molecule has 5 nitrogen and oxygen atoms in total. The Hall–Kier alpha value is -1.51. The molecule has 2 aromatic carbocycles. The van der Waals surface area contributed by atoms with E-state index in [4.69, 9.17) is 32.7 Å². The fourth-order valence-corrected chi connectivity index (χ4v) is 5.41. The minimum Gasteiger partial charge on any atom is -0.489 e. The number of likely N-dealkylation sites (tertiary alicyclic amines) is 1. The normalized spacial score (nSPS) is 19.6. The smallest absolute Gasteiger partial charge is 0.264 e.